The molecule has 1 aliphatic rings. The van der Waals surface area contributed by atoms with Gasteiger partial charge in [0.1, 0.15) is 22.0 Å². The van der Waals surface area contributed by atoms with Crippen LogP contribution in [0.4, 0.5) is 18.0 Å². The summed E-state index contributed by atoms with van der Waals surface area (Å²) in [5.74, 6) is -0.0293. The number of rotatable bonds is 2. The van der Waals surface area contributed by atoms with Crippen molar-refractivity contribution in [3.63, 3.8) is 0 Å². The van der Waals surface area contributed by atoms with Gasteiger partial charge in [-0.3, -0.25) is 0 Å². The van der Waals surface area contributed by atoms with Crippen LogP contribution in [0.15, 0.2) is 18.2 Å². The lowest BCUT2D eigenvalue weighted by atomic mass is 9.99. The molecule has 6 nitrogen and oxygen atoms in total. The maximum absolute atomic E-state index is 12.9. The van der Waals surface area contributed by atoms with Crippen molar-refractivity contribution < 1.29 is 22.7 Å². The smallest absolute Gasteiger partial charge is 0.433 e. The Bertz CT molecular complexity index is 848. The number of halogens is 3. The first-order chi connectivity index (χ1) is 13.0. The average molecular weight is 414 g/mol. The highest BCUT2D eigenvalue weighted by molar-refractivity contribution is 7.14. The first-order valence-electron chi connectivity index (χ1n) is 8.89. The highest BCUT2D eigenvalue weighted by Gasteiger charge is 2.33. The van der Waals surface area contributed by atoms with Gasteiger partial charge in [-0.05, 0) is 45.7 Å². The van der Waals surface area contributed by atoms with Crippen molar-refractivity contribution in [2.75, 3.05) is 13.1 Å². The minimum atomic E-state index is -4.51. The van der Waals surface area contributed by atoms with Gasteiger partial charge >= 0.3 is 12.3 Å². The number of alkyl halides is 3. The summed E-state index contributed by atoms with van der Waals surface area (Å²) in [5.41, 5.74) is -1.40. The molecule has 1 aliphatic heterocycles. The van der Waals surface area contributed by atoms with Gasteiger partial charge in [0.2, 0.25) is 0 Å². The molecular weight excluding hydrogens is 393 g/mol. The van der Waals surface area contributed by atoms with Crippen LogP contribution in [0.1, 0.15) is 50.2 Å². The molecule has 0 aromatic carbocycles. The summed E-state index contributed by atoms with van der Waals surface area (Å²) in [5, 5.41) is 9.18. The zero-order valence-electron chi connectivity index (χ0n) is 15.8. The summed E-state index contributed by atoms with van der Waals surface area (Å²) in [4.78, 5) is 17.6. The molecule has 0 saturated carbocycles. The Balaban J connectivity index is 1.74. The third kappa shape index (κ3) is 4.98. The Morgan fingerprint density at radius 3 is 2.68 bits per heavy atom. The number of hydrogen-bond acceptors (Lipinski definition) is 6. The van der Waals surface area contributed by atoms with Crippen LogP contribution in [-0.4, -0.2) is 44.9 Å². The van der Waals surface area contributed by atoms with E-state index in [2.05, 4.69) is 15.2 Å². The number of hydrogen-bond donors (Lipinski definition) is 0. The Morgan fingerprint density at radius 1 is 1.25 bits per heavy atom. The van der Waals surface area contributed by atoms with E-state index in [1.54, 1.807) is 4.90 Å². The van der Waals surface area contributed by atoms with E-state index in [9.17, 15) is 18.0 Å². The van der Waals surface area contributed by atoms with Crippen LogP contribution in [0.25, 0.3) is 10.7 Å². The molecule has 2 aromatic heterocycles. The Kier molecular flexibility index (Phi) is 5.60. The van der Waals surface area contributed by atoms with E-state index in [1.165, 1.54) is 23.5 Å². The SMILES string of the molecule is CC(C)(C)OC(=O)N1CCCC(c2nnc(-c3cccc(C(F)(F)F)n3)s2)C1. The van der Waals surface area contributed by atoms with E-state index >= 15 is 0 Å². The minimum absolute atomic E-state index is 0.0293. The maximum Gasteiger partial charge on any atom is 0.433 e. The van der Waals surface area contributed by atoms with Gasteiger partial charge in [0.15, 0.2) is 5.01 Å². The highest BCUT2D eigenvalue weighted by Crippen LogP contribution is 2.34. The van der Waals surface area contributed by atoms with Crippen molar-refractivity contribution in [3.8, 4) is 10.7 Å². The first kappa shape index (κ1) is 20.5. The predicted octanol–water partition coefficient (Wildman–Crippen LogP) is 4.73. The second kappa shape index (κ2) is 7.65. The van der Waals surface area contributed by atoms with E-state index in [1.807, 2.05) is 20.8 Å². The fourth-order valence-electron chi connectivity index (χ4n) is 2.89. The molecule has 1 saturated heterocycles. The van der Waals surface area contributed by atoms with E-state index in [4.69, 9.17) is 4.74 Å². The Morgan fingerprint density at radius 2 is 2.00 bits per heavy atom. The number of ether oxygens (including phenoxy) is 1. The highest BCUT2D eigenvalue weighted by atomic mass is 32.1. The molecule has 0 radical (unpaired) electrons. The molecule has 3 rings (SSSR count). The van der Waals surface area contributed by atoms with E-state index in [0.29, 0.717) is 23.1 Å². The standard InChI is InChI=1S/C18H21F3N4O2S/c1-17(2,3)27-16(26)25-9-5-6-11(10-25)14-23-24-15(28-14)12-7-4-8-13(22-12)18(19,20)21/h4,7-8,11H,5-6,9-10H2,1-3H3. The number of aromatic nitrogens is 3. The van der Waals surface area contributed by atoms with Crippen molar-refractivity contribution >= 4 is 17.4 Å². The molecule has 152 valence electrons. The van der Waals surface area contributed by atoms with Gasteiger partial charge < -0.3 is 9.64 Å². The van der Waals surface area contributed by atoms with Crippen molar-refractivity contribution in [1.82, 2.24) is 20.1 Å². The summed E-state index contributed by atoms with van der Waals surface area (Å²) in [6, 6.07) is 3.70. The zero-order valence-corrected chi connectivity index (χ0v) is 16.6. The molecule has 3 heterocycles. The number of piperidine rings is 1. The Labute approximate surface area is 164 Å². The molecular formula is C18H21F3N4O2S. The third-order valence-electron chi connectivity index (χ3n) is 4.12. The summed E-state index contributed by atoms with van der Waals surface area (Å²) in [7, 11) is 0. The van der Waals surface area contributed by atoms with Crippen molar-refractivity contribution in [2.24, 2.45) is 0 Å². The van der Waals surface area contributed by atoms with Gasteiger partial charge in [0.25, 0.3) is 0 Å². The molecule has 0 aliphatic carbocycles. The number of carbonyl (C=O) groups is 1. The fraction of sp³-hybridized carbons (Fsp3) is 0.556. The second-order valence-electron chi connectivity index (χ2n) is 7.62. The van der Waals surface area contributed by atoms with Gasteiger partial charge in [0, 0.05) is 19.0 Å². The molecule has 0 N–H and O–H groups in total. The average Bonchev–Trinajstić information content (AvgIpc) is 3.10. The lowest BCUT2D eigenvalue weighted by Crippen LogP contribution is -2.42. The largest absolute Gasteiger partial charge is 0.444 e. The third-order valence-corrected chi connectivity index (χ3v) is 5.23. The number of carbonyl (C=O) groups excluding carboxylic acids is 1. The quantitative estimate of drug-likeness (QED) is 0.710. The number of likely N-dealkylation sites (tertiary alicyclic amines) is 1. The van der Waals surface area contributed by atoms with E-state index in [0.717, 1.165) is 18.9 Å². The molecule has 1 unspecified atom stereocenters. The Hall–Kier alpha value is -2.23. The molecule has 1 amide bonds. The summed E-state index contributed by atoms with van der Waals surface area (Å²) < 4.78 is 44.0. The molecule has 1 fully saturated rings. The van der Waals surface area contributed by atoms with Crippen LogP contribution in [0, 0.1) is 0 Å². The van der Waals surface area contributed by atoms with Crippen molar-refractivity contribution in [1.29, 1.82) is 0 Å². The summed E-state index contributed by atoms with van der Waals surface area (Å²) in [6.45, 7) is 6.48. The predicted molar refractivity (Wildman–Crippen MR) is 97.9 cm³/mol. The van der Waals surface area contributed by atoms with Crippen molar-refractivity contribution in [2.45, 2.75) is 51.3 Å². The zero-order chi connectivity index (χ0) is 20.5. The normalized spacial score (nSPS) is 18.2. The van der Waals surface area contributed by atoms with Crippen molar-refractivity contribution in [3.05, 3.63) is 28.9 Å². The van der Waals surface area contributed by atoms with Gasteiger partial charge in [0.05, 0.1) is 0 Å². The lowest BCUT2D eigenvalue weighted by molar-refractivity contribution is -0.141. The maximum atomic E-state index is 12.9. The molecule has 1 atom stereocenters. The van der Waals surface area contributed by atoms with Crippen LogP contribution in [0.3, 0.4) is 0 Å². The van der Waals surface area contributed by atoms with Crippen LogP contribution < -0.4 is 0 Å². The first-order valence-corrected chi connectivity index (χ1v) is 9.70. The molecule has 28 heavy (non-hydrogen) atoms. The van der Waals surface area contributed by atoms with Crippen LogP contribution >= 0.6 is 11.3 Å². The van der Waals surface area contributed by atoms with Crippen LogP contribution in [-0.2, 0) is 10.9 Å². The monoisotopic (exact) mass is 414 g/mol. The number of pyridine rings is 1. The second-order valence-corrected chi connectivity index (χ2v) is 8.63. The molecule has 10 heteroatoms. The molecule has 0 bridgehead atoms. The summed E-state index contributed by atoms with van der Waals surface area (Å²) >= 11 is 1.21. The number of nitrogens with zero attached hydrogens (tertiary/aromatic N) is 4. The fourth-order valence-corrected chi connectivity index (χ4v) is 3.82. The van der Waals surface area contributed by atoms with E-state index in [-0.39, 0.29) is 17.7 Å². The molecule has 2 aromatic rings. The van der Waals surface area contributed by atoms with Gasteiger partial charge in [-0.25, -0.2) is 9.78 Å². The van der Waals surface area contributed by atoms with Crippen LogP contribution in [0.5, 0.6) is 0 Å². The molecule has 0 spiro atoms. The van der Waals surface area contributed by atoms with Crippen LogP contribution in [0.2, 0.25) is 0 Å². The van der Waals surface area contributed by atoms with E-state index < -0.39 is 17.5 Å². The van der Waals surface area contributed by atoms with Gasteiger partial charge in [-0.2, -0.15) is 13.2 Å². The topological polar surface area (TPSA) is 68.2 Å². The minimum Gasteiger partial charge on any atom is -0.444 e. The lowest BCUT2D eigenvalue weighted by Gasteiger charge is -2.33. The van der Waals surface area contributed by atoms with Gasteiger partial charge in [-0.15, -0.1) is 10.2 Å². The number of amides is 1. The van der Waals surface area contributed by atoms with Gasteiger partial charge in [-0.1, -0.05) is 17.4 Å². The summed E-state index contributed by atoms with van der Waals surface area (Å²) in [6.07, 6.45) is -3.27.